The van der Waals surface area contributed by atoms with Crippen molar-refractivity contribution in [2.45, 2.75) is 19.4 Å². The van der Waals surface area contributed by atoms with Crippen LogP contribution in [-0.4, -0.2) is 22.0 Å². The summed E-state index contributed by atoms with van der Waals surface area (Å²) in [5, 5.41) is 13.1. The molecule has 2 aromatic heterocycles. The van der Waals surface area contributed by atoms with E-state index in [2.05, 4.69) is 11.1 Å². The van der Waals surface area contributed by atoms with Gasteiger partial charge in [0.15, 0.2) is 0 Å². The summed E-state index contributed by atoms with van der Waals surface area (Å²) >= 11 is 1.60. The first kappa shape index (κ1) is 15.6. The van der Waals surface area contributed by atoms with E-state index in [0.29, 0.717) is 24.5 Å². The van der Waals surface area contributed by atoms with Gasteiger partial charge in [-0.2, -0.15) is 16.6 Å². The minimum atomic E-state index is 0.0716. The van der Waals surface area contributed by atoms with Crippen LogP contribution in [0.15, 0.2) is 47.3 Å². The van der Waals surface area contributed by atoms with Crippen molar-refractivity contribution < 1.29 is 4.79 Å². The summed E-state index contributed by atoms with van der Waals surface area (Å²) < 4.78 is 2.03. The van der Waals surface area contributed by atoms with Crippen molar-refractivity contribution in [3.05, 3.63) is 58.4 Å². The lowest BCUT2D eigenvalue weighted by molar-refractivity contribution is -0.118. The molecule has 0 bridgehead atoms. The van der Waals surface area contributed by atoms with Crippen molar-refractivity contribution in [3.8, 4) is 17.3 Å². The van der Waals surface area contributed by atoms with E-state index in [1.165, 1.54) is 0 Å². The highest BCUT2D eigenvalue weighted by Crippen LogP contribution is 2.27. The third kappa shape index (κ3) is 3.06. The summed E-state index contributed by atoms with van der Waals surface area (Å²) in [5.41, 5.74) is 3.34. The molecule has 0 fully saturated rings. The molecular weight excluding hydrogens is 332 g/mol. The molecule has 6 heteroatoms. The number of carbonyl (C=O) groups is 1. The van der Waals surface area contributed by atoms with Crippen molar-refractivity contribution in [1.29, 1.82) is 5.26 Å². The zero-order chi connectivity index (χ0) is 17.2. The average molecular weight is 348 g/mol. The van der Waals surface area contributed by atoms with Crippen molar-refractivity contribution in [2.75, 3.05) is 11.4 Å². The van der Waals surface area contributed by atoms with Gasteiger partial charge in [-0.05, 0) is 40.9 Å². The number of imidazole rings is 1. The Morgan fingerprint density at radius 2 is 2.24 bits per heavy atom. The van der Waals surface area contributed by atoms with Crippen LogP contribution in [0.5, 0.6) is 0 Å². The predicted molar refractivity (Wildman–Crippen MR) is 97.4 cm³/mol. The van der Waals surface area contributed by atoms with Crippen molar-refractivity contribution >= 4 is 23.2 Å². The molecule has 25 heavy (non-hydrogen) atoms. The maximum absolute atomic E-state index is 12.7. The molecule has 0 atom stereocenters. The number of thiophene rings is 1. The number of nitrogens with zero attached hydrogens (tertiary/aromatic N) is 4. The second kappa shape index (κ2) is 6.54. The molecule has 1 aromatic carbocycles. The van der Waals surface area contributed by atoms with Gasteiger partial charge < -0.3 is 4.57 Å². The monoisotopic (exact) mass is 348 g/mol. The van der Waals surface area contributed by atoms with Gasteiger partial charge in [0.25, 0.3) is 0 Å². The molecule has 5 nitrogen and oxygen atoms in total. The van der Waals surface area contributed by atoms with Crippen LogP contribution in [0.2, 0.25) is 0 Å². The highest BCUT2D eigenvalue weighted by atomic mass is 32.1. The van der Waals surface area contributed by atoms with Gasteiger partial charge in [-0.15, -0.1) is 0 Å². The summed E-state index contributed by atoms with van der Waals surface area (Å²) in [6.07, 6.45) is 3.28. The second-order valence-electron chi connectivity index (χ2n) is 6.02. The zero-order valence-electron chi connectivity index (χ0n) is 13.6. The van der Waals surface area contributed by atoms with Crippen LogP contribution >= 0.6 is 11.3 Å². The fraction of sp³-hybridized carbons (Fsp3) is 0.211. The number of rotatable bonds is 3. The Bertz CT molecular complexity index is 952. The number of aryl methyl sites for hydroxylation is 1. The van der Waals surface area contributed by atoms with Gasteiger partial charge >= 0.3 is 0 Å². The predicted octanol–water partition coefficient (Wildman–Crippen LogP) is 3.46. The Balaban J connectivity index is 1.64. The van der Waals surface area contributed by atoms with E-state index in [9.17, 15) is 4.79 Å². The van der Waals surface area contributed by atoms with Gasteiger partial charge in [0.05, 0.1) is 23.7 Å². The average Bonchev–Trinajstić information content (AvgIpc) is 3.30. The standard InChI is InChI=1S/C19H16N4OS/c20-11-14-3-1-4-16(9-14)17-12-22-6-2-7-23(19(22)21-17)18(24)10-15-5-8-25-13-15/h1,3-5,8-9,12-13H,2,6-7,10H2. The molecular formula is C19H16N4OS. The number of nitriles is 1. The van der Waals surface area contributed by atoms with Crippen LogP contribution in [0, 0.1) is 11.3 Å². The Kier molecular flexibility index (Phi) is 4.08. The minimum absolute atomic E-state index is 0.0716. The number of amides is 1. The van der Waals surface area contributed by atoms with Gasteiger partial charge in [0.1, 0.15) is 0 Å². The van der Waals surface area contributed by atoms with E-state index < -0.39 is 0 Å². The lowest BCUT2D eigenvalue weighted by Gasteiger charge is -2.27. The first-order chi connectivity index (χ1) is 12.2. The fourth-order valence-corrected chi connectivity index (χ4v) is 3.74. The van der Waals surface area contributed by atoms with Gasteiger partial charge in [-0.1, -0.05) is 12.1 Å². The molecule has 0 saturated heterocycles. The van der Waals surface area contributed by atoms with E-state index in [0.717, 1.165) is 29.8 Å². The number of carbonyl (C=O) groups excluding carboxylic acids is 1. The first-order valence-electron chi connectivity index (χ1n) is 8.14. The van der Waals surface area contributed by atoms with Crippen LogP contribution in [0.1, 0.15) is 17.5 Å². The Morgan fingerprint density at radius 3 is 3.04 bits per heavy atom. The maximum atomic E-state index is 12.7. The van der Waals surface area contributed by atoms with E-state index in [-0.39, 0.29) is 5.91 Å². The molecule has 124 valence electrons. The molecule has 0 N–H and O–H groups in total. The second-order valence-corrected chi connectivity index (χ2v) is 6.80. The zero-order valence-corrected chi connectivity index (χ0v) is 14.4. The number of anilines is 1. The van der Waals surface area contributed by atoms with Gasteiger partial charge in [-0.25, -0.2) is 4.98 Å². The number of aromatic nitrogens is 2. The summed E-state index contributed by atoms with van der Waals surface area (Å²) in [4.78, 5) is 19.2. The number of hydrogen-bond donors (Lipinski definition) is 0. The Hall–Kier alpha value is -2.91. The largest absolute Gasteiger partial charge is 0.316 e. The summed E-state index contributed by atoms with van der Waals surface area (Å²) in [5.74, 6) is 0.770. The number of hydrogen-bond acceptors (Lipinski definition) is 4. The van der Waals surface area contributed by atoms with Crippen molar-refractivity contribution in [3.63, 3.8) is 0 Å². The Labute approximate surface area is 149 Å². The number of benzene rings is 1. The topological polar surface area (TPSA) is 61.9 Å². The van der Waals surface area contributed by atoms with Crippen LogP contribution in [0.25, 0.3) is 11.3 Å². The van der Waals surface area contributed by atoms with Crippen molar-refractivity contribution in [2.24, 2.45) is 0 Å². The smallest absolute Gasteiger partial charge is 0.233 e. The van der Waals surface area contributed by atoms with Crippen LogP contribution in [0.3, 0.4) is 0 Å². The minimum Gasteiger partial charge on any atom is -0.316 e. The molecule has 0 saturated carbocycles. The quantitative estimate of drug-likeness (QED) is 0.728. The summed E-state index contributed by atoms with van der Waals surface area (Å²) in [7, 11) is 0. The normalized spacial score (nSPS) is 13.3. The molecule has 0 unspecified atom stereocenters. The molecule has 0 radical (unpaired) electrons. The van der Waals surface area contributed by atoms with E-state index in [1.54, 1.807) is 22.3 Å². The van der Waals surface area contributed by atoms with Gasteiger partial charge in [0, 0.05) is 24.8 Å². The molecule has 0 aliphatic carbocycles. The fourth-order valence-electron chi connectivity index (χ4n) is 3.07. The molecule has 1 aliphatic heterocycles. The molecule has 1 aliphatic rings. The molecule has 1 amide bonds. The SMILES string of the molecule is N#Cc1cccc(-c2cn3c(n2)N(C(=O)Cc2ccsc2)CCC3)c1. The lowest BCUT2D eigenvalue weighted by Crippen LogP contribution is -2.38. The van der Waals surface area contributed by atoms with Gasteiger partial charge in [0.2, 0.25) is 11.9 Å². The molecule has 0 spiro atoms. The first-order valence-corrected chi connectivity index (χ1v) is 9.08. The van der Waals surface area contributed by atoms with Crippen molar-refractivity contribution in [1.82, 2.24) is 9.55 Å². The van der Waals surface area contributed by atoms with Crippen LogP contribution in [-0.2, 0) is 17.8 Å². The molecule has 4 rings (SSSR count). The molecule has 3 aromatic rings. The highest BCUT2D eigenvalue weighted by Gasteiger charge is 2.25. The third-order valence-corrected chi connectivity index (χ3v) is 5.03. The highest BCUT2D eigenvalue weighted by molar-refractivity contribution is 7.08. The van der Waals surface area contributed by atoms with E-state index in [4.69, 9.17) is 5.26 Å². The lowest BCUT2D eigenvalue weighted by atomic mass is 10.1. The van der Waals surface area contributed by atoms with Crippen LogP contribution < -0.4 is 4.90 Å². The van der Waals surface area contributed by atoms with Crippen LogP contribution in [0.4, 0.5) is 5.95 Å². The van der Waals surface area contributed by atoms with E-state index in [1.807, 2.05) is 45.8 Å². The third-order valence-electron chi connectivity index (χ3n) is 4.30. The molecule has 3 heterocycles. The summed E-state index contributed by atoms with van der Waals surface area (Å²) in [6, 6.07) is 11.5. The number of fused-ring (bicyclic) bond motifs is 1. The van der Waals surface area contributed by atoms with E-state index >= 15 is 0 Å². The Morgan fingerprint density at radius 1 is 1.32 bits per heavy atom. The maximum Gasteiger partial charge on any atom is 0.233 e. The van der Waals surface area contributed by atoms with Gasteiger partial charge in [-0.3, -0.25) is 9.69 Å². The summed E-state index contributed by atoms with van der Waals surface area (Å²) in [6.45, 7) is 1.54.